The van der Waals surface area contributed by atoms with Crippen molar-refractivity contribution in [3.63, 3.8) is 0 Å². The Balaban J connectivity index is 1.89. The van der Waals surface area contributed by atoms with Crippen molar-refractivity contribution < 1.29 is 9.18 Å². The van der Waals surface area contributed by atoms with Crippen molar-refractivity contribution in [2.45, 2.75) is 25.8 Å². The highest BCUT2D eigenvalue weighted by molar-refractivity contribution is 5.73. The number of rotatable bonds is 3. The second-order valence-corrected chi connectivity index (χ2v) is 6.04. The van der Waals surface area contributed by atoms with Gasteiger partial charge in [0.1, 0.15) is 0 Å². The number of benzene rings is 1. The Morgan fingerprint density at radius 2 is 2.00 bits per heavy atom. The molecule has 0 radical (unpaired) electrons. The summed E-state index contributed by atoms with van der Waals surface area (Å²) in [6.07, 6.45) is 1.59. The van der Waals surface area contributed by atoms with Crippen LogP contribution in [0.1, 0.15) is 24.0 Å². The highest BCUT2D eigenvalue weighted by atomic mass is 19.1. The summed E-state index contributed by atoms with van der Waals surface area (Å²) >= 11 is 0. The molecule has 0 bridgehead atoms. The van der Waals surface area contributed by atoms with Gasteiger partial charge in [-0.1, -0.05) is 29.8 Å². The van der Waals surface area contributed by atoms with E-state index in [2.05, 4.69) is 34.6 Å². The molecule has 3 rings (SSSR count). The van der Waals surface area contributed by atoms with Crippen LogP contribution in [0.2, 0.25) is 0 Å². The third kappa shape index (κ3) is 3.33. The van der Waals surface area contributed by atoms with E-state index < -0.39 is 0 Å². The first-order valence-electron chi connectivity index (χ1n) is 7.73. The first-order valence-corrected chi connectivity index (χ1v) is 7.73. The van der Waals surface area contributed by atoms with Gasteiger partial charge in [0, 0.05) is 32.1 Å². The third-order valence-electron chi connectivity index (χ3n) is 4.25. The van der Waals surface area contributed by atoms with E-state index in [1.54, 1.807) is 12.3 Å². The minimum Gasteiger partial charge on any atom is -0.351 e. The van der Waals surface area contributed by atoms with Crippen molar-refractivity contribution in [1.82, 2.24) is 10.3 Å². The number of carbonyl (C=O) groups excluding carboxylic acids is 1. The standard InChI is InChI=1S/C18H20FN3O/c1-12-5-7-14(8-6-12)15-10-22(11-17(15)21-13(2)23)18-16(19)4-3-9-20-18/h3-9,15,17H,10-11H2,1-2H3,(H,21,23)/t15-,17+/m0/s1. The lowest BCUT2D eigenvalue weighted by Gasteiger charge is -2.19. The molecule has 1 aliphatic rings. The topological polar surface area (TPSA) is 45.2 Å². The quantitative estimate of drug-likeness (QED) is 0.947. The Labute approximate surface area is 135 Å². The molecular formula is C18H20FN3O. The molecule has 5 heteroatoms. The van der Waals surface area contributed by atoms with E-state index in [4.69, 9.17) is 0 Å². The third-order valence-corrected chi connectivity index (χ3v) is 4.25. The molecular weight excluding hydrogens is 293 g/mol. The van der Waals surface area contributed by atoms with Crippen LogP contribution in [0.15, 0.2) is 42.6 Å². The van der Waals surface area contributed by atoms with Crippen LogP contribution in [0.25, 0.3) is 0 Å². The molecule has 0 saturated carbocycles. The van der Waals surface area contributed by atoms with Crippen molar-refractivity contribution in [2.24, 2.45) is 0 Å². The number of halogens is 1. The van der Waals surface area contributed by atoms with Gasteiger partial charge in [0.05, 0.1) is 6.04 Å². The predicted octanol–water partition coefficient (Wildman–Crippen LogP) is 2.64. The highest BCUT2D eigenvalue weighted by Gasteiger charge is 2.35. The summed E-state index contributed by atoms with van der Waals surface area (Å²) in [6.45, 7) is 4.73. The fourth-order valence-electron chi connectivity index (χ4n) is 3.15. The Morgan fingerprint density at radius 3 is 2.65 bits per heavy atom. The van der Waals surface area contributed by atoms with Crippen molar-refractivity contribution in [3.05, 3.63) is 59.5 Å². The Hall–Kier alpha value is -2.43. The molecule has 1 aromatic carbocycles. The number of carbonyl (C=O) groups is 1. The zero-order valence-corrected chi connectivity index (χ0v) is 13.3. The second kappa shape index (κ2) is 6.36. The molecule has 120 valence electrons. The lowest BCUT2D eigenvalue weighted by Crippen LogP contribution is -2.38. The van der Waals surface area contributed by atoms with Crippen molar-refractivity contribution >= 4 is 11.7 Å². The maximum absolute atomic E-state index is 14.0. The summed E-state index contributed by atoms with van der Waals surface area (Å²) < 4.78 is 14.0. The van der Waals surface area contributed by atoms with Gasteiger partial charge < -0.3 is 10.2 Å². The van der Waals surface area contributed by atoms with Gasteiger partial charge in [0.25, 0.3) is 0 Å². The molecule has 0 spiro atoms. The molecule has 1 saturated heterocycles. The maximum atomic E-state index is 14.0. The first-order chi connectivity index (χ1) is 11.0. The van der Waals surface area contributed by atoms with Gasteiger partial charge in [-0.2, -0.15) is 0 Å². The van der Waals surface area contributed by atoms with Crippen LogP contribution >= 0.6 is 0 Å². The summed E-state index contributed by atoms with van der Waals surface area (Å²) in [4.78, 5) is 17.6. The SMILES string of the molecule is CC(=O)N[C@@H]1CN(c2ncccc2F)C[C@H]1c1ccc(C)cc1. The number of aryl methyl sites for hydroxylation is 1. The lowest BCUT2D eigenvalue weighted by atomic mass is 9.93. The van der Waals surface area contributed by atoms with Crippen LogP contribution in [0.3, 0.4) is 0 Å². The molecule has 2 atom stereocenters. The van der Waals surface area contributed by atoms with Crippen LogP contribution in [-0.2, 0) is 4.79 Å². The number of anilines is 1. The van der Waals surface area contributed by atoms with E-state index in [9.17, 15) is 9.18 Å². The summed E-state index contributed by atoms with van der Waals surface area (Å²) in [5.74, 6) is 0.0486. The Bertz CT molecular complexity index is 702. The number of amides is 1. The number of hydrogen-bond acceptors (Lipinski definition) is 3. The van der Waals surface area contributed by atoms with Gasteiger partial charge >= 0.3 is 0 Å². The van der Waals surface area contributed by atoms with E-state index in [0.29, 0.717) is 18.9 Å². The molecule has 1 amide bonds. The number of nitrogens with one attached hydrogen (secondary N) is 1. The van der Waals surface area contributed by atoms with E-state index in [-0.39, 0.29) is 23.7 Å². The average Bonchev–Trinajstić information content (AvgIpc) is 2.91. The van der Waals surface area contributed by atoms with Crippen LogP contribution in [0, 0.1) is 12.7 Å². The van der Waals surface area contributed by atoms with E-state index in [0.717, 1.165) is 5.56 Å². The summed E-state index contributed by atoms with van der Waals surface area (Å²) in [6, 6.07) is 11.2. The molecule has 2 heterocycles. The number of aromatic nitrogens is 1. The van der Waals surface area contributed by atoms with Gasteiger partial charge in [0.2, 0.25) is 5.91 Å². The van der Waals surface area contributed by atoms with E-state index >= 15 is 0 Å². The normalized spacial score (nSPS) is 20.6. The van der Waals surface area contributed by atoms with E-state index in [1.165, 1.54) is 18.6 Å². The van der Waals surface area contributed by atoms with Crippen LogP contribution < -0.4 is 10.2 Å². The fraction of sp³-hybridized carbons (Fsp3) is 0.333. The maximum Gasteiger partial charge on any atom is 0.217 e. The summed E-state index contributed by atoms with van der Waals surface area (Å²) in [7, 11) is 0. The van der Waals surface area contributed by atoms with Gasteiger partial charge in [0.15, 0.2) is 11.6 Å². The zero-order valence-electron chi connectivity index (χ0n) is 13.3. The second-order valence-electron chi connectivity index (χ2n) is 6.04. The highest BCUT2D eigenvalue weighted by Crippen LogP contribution is 2.31. The molecule has 0 aliphatic carbocycles. The van der Waals surface area contributed by atoms with Crippen molar-refractivity contribution in [1.29, 1.82) is 0 Å². The summed E-state index contributed by atoms with van der Waals surface area (Å²) in [5.41, 5.74) is 2.34. The molecule has 1 N–H and O–H groups in total. The Kier molecular flexibility index (Phi) is 4.28. The fourth-order valence-corrected chi connectivity index (χ4v) is 3.15. The number of pyridine rings is 1. The molecule has 1 aliphatic heterocycles. The molecule has 23 heavy (non-hydrogen) atoms. The largest absolute Gasteiger partial charge is 0.351 e. The van der Waals surface area contributed by atoms with Crippen molar-refractivity contribution in [3.8, 4) is 0 Å². The average molecular weight is 313 g/mol. The molecule has 0 unspecified atom stereocenters. The van der Waals surface area contributed by atoms with Crippen LogP contribution in [0.5, 0.6) is 0 Å². The lowest BCUT2D eigenvalue weighted by molar-refractivity contribution is -0.119. The zero-order chi connectivity index (χ0) is 16.4. The summed E-state index contributed by atoms with van der Waals surface area (Å²) in [5, 5.41) is 2.99. The number of hydrogen-bond donors (Lipinski definition) is 1. The monoisotopic (exact) mass is 313 g/mol. The van der Waals surface area contributed by atoms with Gasteiger partial charge in [-0.05, 0) is 24.6 Å². The molecule has 4 nitrogen and oxygen atoms in total. The first kappa shape index (κ1) is 15.5. The van der Waals surface area contributed by atoms with E-state index in [1.807, 2.05) is 11.8 Å². The molecule has 1 aromatic heterocycles. The minimum atomic E-state index is -0.335. The van der Waals surface area contributed by atoms with Crippen LogP contribution in [-0.4, -0.2) is 30.0 Å². The number of nitrogens with zero attached hydrogens (tertiary/aromatic N) is 2. The van der Waals surface area contributed by atoms with Crippen LogP contribution in [0.4, 0.5) is 10.2 Å². The smallest absolute Gasteiger partial charge is 0.217 e. The minimum absolute atomic E-state index is 0.0587. The predicted molar refractivity (Wildman–Crippen MR) is 87.9 cm³/mol. The van der Waals surface area contributed by atoms with Gasteiger partial charge in [-0.15, -0.1) is 0 Å². The Morgan fingerprint density at radius 1 is 1.26 bits per heavy atom. The molecule has 1 fully saturated rings. The van der Waals surface area contributed by atoms with Gasteiger partial charge in [-0.25, -0.2) is 9.37 Å². The van der Waals surface area contributed by atoms with Gasteiger partial charge in [-0.3, -0.25) is 4.79 Å². The van der Waals surface area contributed by atoms with Crippen molar-refractivity contribution in [2.75, 3.05) is 18.0 Å². The molecule has 2 aromatic rings.